The van der Waals surface area contributed by atoms with Gasteiger partial charge in [-0.2, -0.15) is 0 Å². The number of amides is 1. The number of nitrogens with one attached hydrogen (secondary N) is 1. The maximum atomic E-state index is 10.6. The Morgan fingerprint density at radius 3 is 3.17 bits per heavy atom. The molecule has 1 N–H and O–H groups in total. The van der Waals surface area contributed by atoms with Gasteiger partial charge in [-0.25, -0.2) is 0 Å². The van der Waals surface area contributed by atoms with Crippen molar-refractivity contribution in [3.8, 4) is 0 Å². The van der Waals surface area contributed by atoms with Gasteiger partial charge in [0.25, 0.3) is 0 Å². The highest BCUT2D eigenvalue weighted by Gasteiger charge is 2.06. The van der Waals surface area contributed by atoms with Crippen LogP contribution in [0.4, 0.5) is 0 Å². The molecule has 68 valence electrons. The summed E-state index contributed by atoms with van der Waals surface area (Å²) in [4.78, 5) is 10.6. The molecule has 0 aromatic carbocycles. The van der Waals surface area contributed by atoms with Crippen LogP contribution >= 0.6 is 0 Å². The molecular weight excluding hydrogens is 156 g/mol. The Hall–Kier alpha value is -1.32. The van der Waals surface area contributed by atoms with Gasteiger partial charge in [0.1, 0.15) is 5.76 Å². The summed E-state index contributed by atoms with van der Waals surface area (Å²) < 4.78 is 4.88. The smallest absolute Gasteiger partial charge is 0.217 e. The lowest BCUT2D eigenvalue weighted by Gasteiger charge is -2.08. The summed E-state index contributed by atoms with van der Waals surface area (Å²) in [7, 11) is 0. The minimum absolute atomic E-state index is 0. The molecule has 4 nitrogen and oxygen atoms in total. The number of carbonyl (C=O) groups is 1. The fraction of sp³-hybridized carbons (Fsp3) is 0.500. The zero-order valence-corrected chi connectivity index (χ0v) is 7.20. The molecule has 1 amide bonds. The van der Waals surface area contributed by atoms with Crippen LogP contribution < -0.4 is 5.32 Å². The van der Waals surface area contributed by atoms with Gasteiger partial charge in [-0.05, 0) is 6.92 Å². The minimum atomic E-state index is -0.0259. The molecule has 0 aliphatic carbocycles. The van der Waals surface area contributed by atoms with Crippen LogP contribution in [0.2, 0.25) is 0 Å². The largest absolute Gasteiger partial charge is 0.361 e. The van der Waals surface area contributed by atoms with Gasteiger partial charge in [-0.15, -0.1) is 0 Å². The Balaban J connectivity index is 0.00000144. The number of hydrogen-bond acceptors (Lipinski definition) is 3. The summed E-state index contributed by atoms with van der Waals surface area (Å²) in [5.41, 5.74) is 0. The third kappa shape index (κ3) is 2.74. The molecule has 0 radical (unpaired) electrons. The van der Waals surface area contributed by atoms with Crippen molar-refractivity contribution >= 4 is 5.91 Å². The van der Waals surface area contributed by atoms with E-state index in [4.69, 9.17) is 4.52 Å². The lowest BCUT2D eigenvalue weighted by molar-refractivity contribution is -0.119. The van der Waals surface area contributed by atoms with Gasteiger partial charge in [-0.3, -0.25) is 4.79 Å². The highest BCUT2D eigenvalue weighted by atomic mass is 16.5. The molecule has 1 rings (SSSR count). The van der Waals surface area contributed by atoms with Gasteiger partial charge < -0.3 is 9.84 Å². The van der Waals surface area contributed by atoms with Gasteiger partial charge in [0.15, 0.2) is 0 Å². The number of rotatable bonds is 3. The predicted molar refractivity (Wildman–Crippen MR) is 45.6 cm³/mol. The van der Waals surface area contributed by atoms with Crippen LogP contribution in [0, 0.1) is 0 Å². The van der Waals surface area contributed by atoms with Crippen LogP contribution in [0.15, 0.2) is 16.8 Å². The molecule has 1 heterocycles. The summed E-state index contributed by atoms with van der Waals surface area (Å²) in [6, 6.07) is 1.88. The number of aromatic nitrogens is 1. The first-order valence-corrected chi connectivity index (χ1v) is 3.85. The van der Waals surface area contributed by atoms with Crippen molar-refractivity contribution in [2.24, 2.45) is 0 Å². The second kappa shape index (κ2) is 3.90. The van der Waals surface area contributed by atoms with E-state index in [2.05, 4.69) is 10.5 Å². The predicted octanol–water partition coefficient (Wildman–Crippen LogP) is 0.988. The normalized spacial score (nSPS) is 12.5. The van der Waals surface area contributed by atoms with E-state index in [1.807, 2.05) is 6.92 Å². The van der Waals surface area contributed by atoms with Crippen LogP contribution in [0.25, 0.3) is 0 Å². The highest BCUT2D eigenvalue weighted by molar-refractivity contribution is 5.73. The molecule has 4 heteroatoms. The van der Waals surface area contributed by atoms with Gasteiger partial charge in [0.05, 0.1) is 6.20 Å². The van der Waals surface area contributed by atoms with E-state index in [0.29, 0.717) is 6.42 Å². The van der Waals surface area contributed by atoms with Crippen molar-refractivity contribution in [1.82, 2.24) is 10.5 Å². The summed E-state index contributed by atoms with van der Waals surface area (Å²) in [6.07, 6.45) is 2.27. The lowest BCUT2D eigenvalue weighted by atomic mass is 10.2. The molecule has 12 heavy (non-hydrogen) atoms. The molecule has 1 aromatic rings. The maximum Gasteiger partial charge on any atom is 0.217 e. The van der Waals surface area contributed by atoms with Gasteiger partial charge in [-0.1, -0.05) is 5.16 Å². The number of hydrogen-bond donors (Lipinski definition) is 1. The molecule has 0 aliphatic rings. The van der Waals surface area contributed by atoms with Crippen LogP contribution in [-0.2, 0) is 11.2 Å². The molecule has 0 aliphatic heterocycles. The van der Waals surface area contributed by atoms with Crippen molar-refractivity contribution in [2.75, 3.05) is 0 Å². The summed E-state index contributed by atoms with van der Waals surface area (Å²) in [6.45, 7) is 3.42. The lowest BCUT2D eigenvalue weighted by Crippen LogP contribution is -2.31. The second-order valence-corrected chi connectivity index (χ2v) is 2.78. The maximum absolute atomic E-state index is 10.6. The molecule has 1 unspecified atom stereocenters. The summed E-state index contributed by atoms with van der Waals surface area (Å²) in [5, 5.41) is 6.32. The average Bonchev–Trinajstić information content (AvgIpc) is 2.37. The first kappa shape index (κ1) is 8.77. The van der Waals surface area contributed by atoms with E-state index < -0.39 is 0 Å². The minimum Gasteiger partial charge on any atom is -0.361 e. The van der Waals surface area contributed by atoms with Crippen molar-refractivity contribution < 1.29 is 10.7 Å². The van der Waals surface area contributed by atoms with Crippen molar-refractivity contribution in [3.05, 3.63) is 18.0 Å². The van der Waals surface area contributed by atoms with E-state index in [1.165, 1.54) is 6.92 Å². The standard InChI is InChI=1S/C8H12N2O2.H2/c1-6(10-7(2)11)5-8-3-4-9-12-8;/h3-4,6H,5H2,1-2H3,(H,10,11);1H. The first-order valence-electron chi connectivity index (χ1n) is 3.85. The zero-order valence-electron chi connectivity index (χ0n) is 7.20. The fourth-order valence-electron chi connectivity index (χ4n) is 1.05. The highest BCUT2D eigenvalue weighted by Crippen LogP contribution is 2.00. The Bertz CT molecular complexity index is 249. The SMILES string of the molecule is CC(=O)NC(C)Cc1ccno1.[HH]. The Morgan fingerprint density at radius 2 is 2.67 bits per heavy atom. The third-order valence-electron chi connectivity index (χ3n) is 1.45. The molecule has 0 saturated carbocycles. The van der Waals surface area contributed by atoms with Gasteiger partial charge in [0, 0.05) is 26.9 Å². The first-order chi connectivity index (χ1) is 5.68. The van der Waals surface area contributed by atoms with E-state index in [1.54, 1.807) is 12.3 Å². The van der Waals surface area contributed by atoms with Crippen LogP contribution in [0.5, 0.6) is 0 Å². The summed E-state index contributed by atoms with van der Waals surface area (Å²) >= 11 is 0. The topological polar surface area (TPSA) is 55.1 Å². The number of nitrogens with zero attached hydrogens (tertiary/aromatic N) is 1. The monoisotopic (exact) mass is 170 g/mol. The molecule has 0 bridgehead atoms. The van der Waals surface area contributed by atoms with Crippen molar-refractivity contribution in [1.29, 1.82) is 0 Å². The van der Waals surface area contributed by atoms with E-state index in [-0.39, 0.29) is 13.4 Å². The van der Waals surface area contributed by atoms with Crippen LogP contribution in [-0.4, -0.2) is 17.1 Å². The van der Waals surface area contributed by atoms with Crippen molar-refractivity contribution in [3.63, 3.8) is 0 Å². The zero-order chi connectivity index (χ0) is 8.97. The molecule has 0 saturated heterocycles. The van der Waals surface area contributed by atoms with E-state index in [0.717, 1.165) is 5.76 Å². The molecule has 0 spiro atoms. The third-order valence-corrected chi connectivity index (χ3v) is 1.45. The fourth-order valence-corrected chi connectivity index (χ4v) is 1.05. The molecular formula is C8H14N2O2. The van der Waals surface area contributed by atoms with E-state index >= 15 is 0 Å². The Kier molecular flexibility index (Phi) is 2.85. The van der Waals surface area contributed by atoms with E-state index in [9.17, 15) is 4.79 Å². The molecule has 1 aromatic heterocycles. The van der Waals surface area contributed by atoms with Crippen LogP contribution in [0.1, 0.15) is 21.0 Å². The van der Waals surface area contributed by atoms with Crippen LogP contribution in [0.3, 0.4) is 0 Å². The van der Waals surface area contributed by atoms with Gasteiger partial charge >= 0.3 is 0 Å². The Morgan fingerprint density at radius 1 is 1.92 bits per heavy atom. The quantitative estimate of drug-likeness (QED) is 0.735. The van der Waals surface area contributed by atoms with Crippen molar-refractivity contribution in [2.45, 2.75) is 26.3 Å². The number of carbonyl (C=O) groups excluding carboxylic acids is 1. The van der Waals surface area contributed by atoms with Gasteiger partial charge in [0.2, 0.25) is 5.91 Å². The average molecular weight is 170 g/mol. The summed E-state index contributed by atoms with van der Waals surface area (Å²) in [5.74, 6) is 0.762. The Labute approximate surface area is 72.4 Å². The molecule has 0 fully saturated rings. The molecule has 1 atom stereocenters. The second-order valence-electron chi connectivity index (χ2n) is 2.78.